The van der Waals surface area contributed by atoms with Gasteiger partial charge in [-0.1, -0.05) is 13.8 Å². The van der Waals surface area contributed by atoms with Crippen molar-refractivity contribution in [2.75, 3.05) is 26.7 Å². The van der Waals surface area contributed by atoms with Crippen molar-refractivity contribution in [3.63, 3.8) is 0 Å². The molecule has 2 rings (SSSR count). The number of imidazole rings is 1. The van der Waals surface area contributed by atoms with Crippen LogP contribution in [-0.4, -0.2) is 41.5 Å². The molecule has 0 spiro atoms. The second-order valence-corrected chi connectivity index (χ2v) is 4.99. The van der Waals surface area contributed by atoms with E-state index in [1.54, 1.807) is 0 Å². The van der Waals surface area contributed by atoms with Crippen LogP contribution in [0.1, 0.15) is 43.0 Å². The largest absolute Gasteiger partial charge is 0.344 e. The van der Waals surface area contributed by atoms with Gasteiger partial charge in [0.2, 0.25) is 0 Å². The Bertz CT molecular complexity index is 356. The van der Waals surface area contributed by atoms with E-state index in [2.05, 4.69) is 43.0 Å². The fourth-order valence-corrected chi connectivity index (χ4v) is 2.33. The molecular weight excluding hydrogens is 200 g/mol. The van der Waals surface area contributed by atoms with Gasteiger partial charge in [0.1, 0.15) is 5.82 Å². The second-order valence-electron chi connectivity index (χ2n) is 4.99. The van der Waals surface area contributed by atoms with Crippen LogP contribution in [0, 0.1) is 6.92 Å². The van der Waals surface area contributed by atoms with Gasteiger partial charge in [-0.2, -0.15) is 0 Å². The lowest BCUT2D eigenvalue weighted by molar-refractivity contribution is 0.195. The number of aromatic nitrogens is 2. The smallest absolute Gasteiger partial charge is 0.125 e. The number of rotatable bonds is 2. The van der Waals surface area contributed by atoms with Crippen LogP contribution in [0.2, 0.25) is 0 Å². The Morgan fingerprint density at radius 2 is 2.19 bits per heavy atom. The van der Waals surface area contributed by atoms with Crippen molar-refractivity contribution in [3.05, 3.63) is 17.2 Å². The van der Waals surface area contributed by atoms with Crippen LogP contribution in [0.4, 0.5) is 0 Å². The van der Waals surface area contributed by atoms with Gasteiger partial charge in [-0.25, -0.2) is 4.98 Å². The van der Waals surface area contributed by atoms with E-state index in [1.807, 2.05) is 0 Å². The van der Waals surface area contributed by atoms with Crippen molar-refractivity contribution in [2.45, 2.75) is 32.7 Å². The van der Waals surface area contributed by atoms with Gasteiger partial charge in [-0.15, -0.1) is 0 Å². The van der Waals surface area contributed by atoms with E-state index in [9.17, 15) is 0 Å². The van der Waals surface area contributed by atoms with Gasteiger partial charge in [0.25, 0.3) is 0 Å². The lowest BCUT2D eigenvalue weighted by Gasteiger charge is -2.31. The molecule has 1 aromatic heterocycles. The summed E-state index contributed by atoms with van der Waals surface area (Å²) >= 11 is 0. The molecule has 0 radical (unpaired) electrons. The van der Waals surface area contributed by atoms with E-state index in [1.165, 1.54) is 11.4 Å². The molecule has 1 fully saturated rings. The number of piperazine rings is 1. The van der Waals surface area contributed by atoms with Crippen LogP contribution in [-0.2, 0) is 0 Å². The molecule has 1 atom stereocenters. The average Bonchev–Trinajstić information content (AvgIpc) is 2.61. The van der Waals surface area contributed by atoms with E-state index in [0.717, 1.165) is 25.5 Å². The average molecular weight is 222 g/mol. The van der Waals surface area contributed by atoms with Gasteiger partial charge in [-0.05, 0) is 19.9 Å². The summed E-state index contributed by atoms with van der Waals surface area (Å²) in [5, 5.41) is 3.42. The number of H-pyrrole nitrogens is 1. The SMILES string of the molecule is Cc1[nH]c(C2CNCCN2C)nc1C(C)C. The van der Waals surface area contributed by atoms with Crippen molar-refractivity contribution in [1.29, 1.82) is 0 Å². The van der Waals surface area contributed by atoms with Gasteiger partial charge in [0, 0.05) is 25.3 Å². The monoisotopic (exact) mass is 222 g/mol. The van der Waals surface area contributed by atoms with E-state index in [-0.39, 0.29) is 0 Å². The van der Waals surface area contributed by atoms with Crippen LogP contribution in [0.5, 0.6) is 0 Å². The molecule has 0 amide bonds. The molecule has 1 unspecified atom stereocenters. The maximum absolute atomic E-state index is 4.75. The highest BCUT2D eigenvalue weighted by molar-refractivity contribution is 5.18. The minimum atomic E-state index is 0.389. The normalized spacial score (nSPS) is 22.9. The van der Waals surface area contributed by atoms with E-state index < -0.39 is 0 Å². The first-order chi connectivity index (χ1) is 7.59. The topological polar surface area (TPSA) is 44.0 Å². The van der Waals surface area contributed by atoms with Crippen LogP contribution in [0.25, 0.3) is 0 Å². The number of nitrogens with one attached hydrogen (secondary N) is 2. The summed E-state index contributed by atoms with van der Waals surface area (Å²) in [5.41, 5.74) is 2.41. The summed E-state index contributed by atoms with van der Waals surface area (Å²) in [5.74, 6) is 1.60. The molecule has 2 N–H and O–H groups in total. The van der Waals surface area contributed by atoms with Crippen molar-refractivity contribution >= 4 is 0 Å². The molecular formula is C12H22N4. The van der Waals surface area contributed by atoms with E-state index in [0.29, 0.717) is 12.0 Å². The first-order valence-corrected chi connectivity index (χ1v) is 6.07. The summed E-state index contributed by atoms with van der Waals surface area (Å²) in [6, 6.07) is 0.389. The number of aromatic amines is 1. The number of likely N-dealkylation sites (N-methyl/N-ethyl adjacent to an activating group) is 1. The number of hydrogen-bond donors (Lipinski definition) is 2. The molecule has 90 valence electrons. The minimum absolute atomic E-state index is 0.389. The van der Waals surface area contributed by atoms with Crippen molar-refractivity contribution in [2.24, 2.45) is 0 Å². The Morgan fingerprint density at radius 3 is 2.75 bits per heavy atom. The maximum atomic E-state index is 4.75. The molecule has 4 nitrogen and oxygen atoms in total. The zero-order valence-corrected chi connectivity index (χ0v) is 10.7. The zero-order valence-electron chi connectivity index (χ0n) is 10.7. The lowest BCUT2D eigenvalue weighted by Crippen LogP contribution is -2.44. The van der Waals surface area contributed by atoms with Crippen molar-refractivity contribution < 1.29 is 0 Å². The van der Waals surface area contributed by atoms with Gasteiger partial charge in [-0.3, -0.25) is 4.90 Å². The third-order valence-corrected chi connectivity index (χ3v) is 3.31. The number of aryl methyl sites for hydroxylation is 1. The lowest BCUT2D eigenvalue weighted by atomic mass is 10.1. The molecule has 1 aliphatic rings. The number of nitrogens with zero attached hydrogens (tertiary/aromatic N) is 2. The zero-order chi connectivity index (χ0) is 11.7. The molecule has 1 saturated heterocycles. The molecule has 0 aromatic carbocycles. The van der Waals surface area contributed by atoms with Crippen LogP contribution in [0.3, 0.4) is 0 Å². The highest BCUT2D eigenvalue weighted by atomic mass is 15.2. The molecule has 1 aromatic rings. The summed E-state index contributed by atoms with van der Waals surface area (Å²) in [7, 11) is 2.17. The summed E-state index contributed by atoms with van der Waals surface area (Å²) in [4.78, 5) is 10.5. The summed E-state index contributed by atoms with van der Waals surface area (Å²) in [6.45, 7) is 9.64. The van der Waals surface area contributed by atoms with Gasteiger partial charge in [0.05, 0.1) is 11.7 Å². The third-order valence-electron chi connectivity index (χ3n) is 3.31. The van der Waals surface area contributed by atoms with Gasteiger partial charge in [0.15, 0.2) is 0 Å². The predicted octanol–water partition coefficient (Wildman–Crippen LogP) is 1.42. The highest BCUT2D eigenvalue weighted by Crippen LogP contribution is 2.22. The fraction of sp³-hybridized carbons (Fsp3) is 0.750. The molecule has 0 saturated carbocycles. The standard InChI is InChI=1S/C12H22N4/c1-8(2)11-9(3)14-12(15-11)10-7-13-5-6-16(10)4/h8,10,13H,5-7H2,1-4H3,(H,14,15). The van der Waals surface area contributed by atoms with Crippen molar-refractivity contribution in [3.8, 4) is 0 Å². The Balaban J connectivity index is 2.23. The van der Waals surface area contributed by atoms with Crippen LogP contribution < -0.4 is 5.32 Å². The quantitative estimate of drug-likeness (QED) is 0.795. The molecule has 4 heteroatoms. The molecule has 0 bridgehead atoms. The third kappa shape index (κ3) is 2.13. The minimum Gasteiger partial charge on any atom is -0.344 e. The second kappa shape index (κ2) is 4.55. The summed E-state index contributed by atoms with van der Waals surface area (Å²) < 4.78 is 0. The summed E-state index contributed by atoms with van der Waals surface area (Å²) in [6.07, 6.45) is 0. The van der Waals surface area contributed by atoms with Crippen molar-refractivity contribution in [1.82, 2.24) is 20.2 Å². The maximum Gasteiger partial charge on any atom is 0.125 e. The van der Waals surface area contributed by atoms with E-state index in [4.69, 9.17) is 4.98 Å². The first-order valence-electron chi connectivity index (χ1n) is 6.07. The molecule has 1 aliphatic heterocycles. The Morgan fingerprint density at radius 1 is 1.44 bits per heavy atom. The Labute approximate surface area is 97.4 Å². The molecule has 0 aliphatic carbocycles. The van der Waals surface area contributed by atoms with Crippen LogP contribution in [0.15, 0.2) is 0 Å². The molecule has 2 heterocycles. The Hall–Kier alpha value is -0.870. The van der Waals surface area contributed by atoms with Gasteiger partial charge >= 0.3 is 0 Å². The predicted molar refractivity (Wildman–Crippen MR) is 65.7 cm³/mol. The first kappa shape index (κ1) is 11.6. The van der Waals surface area contributed by atoms with Gasteiger partial charge < -0.3 is 10.3 Å². The Kier molecular flexibility index (Phi) is 3.30. The highest BCUT2D eigenvalue weighted by Gasteiger charge is 2.24. The fourth-order valence-electron chi connectivity index (χ4n) is 2.33. The van der Waals surface area contributed by atoms with Crippen LogP contribution >= 0.6 is 0 Å². The number of hydrogen-bond acceptors (Lipinski definition) is 3. The van der Waals surface area contributed by atoms with E-state index >= 15 is 0 Å². The molecule has 16 heavy (non-hydrogen) atoms.